The third kappa shape index (κ3) is 4.22. The van der Waals surface area contributed by atoms with Gasteiger partial charge in [-0.1, -0.05) is 12.1 Å². The number of nitrogens with one attached hydrogen (secondary N) is 2. The maximum Gasteiger partial charge on any atom is 0.223 e. The molecule has 1 aromatic rings. The van der Waals surface area contributed by atoms with E-state index < -0.39 is 0 Å². The van der Waals surface area contributed by atoms with Gasteiger partial charge in [-0.3, -0.25) is 9.59 Å². The van der Waals surface area contributed by atoms with Crippen LogP contribution in [0.4, 0.5) is 4.39 Å². The highest BCUT2D eigenvalue weighted by Gasteiger charge is 2.47. The van der Waals surface area contributed by atoms with Gasteiger partial charge in [-0.05, 0) is 68.2 Å². The van der Waals surface area contributed by atoms with E-state index in [1.165, 1.54) is 12.1 Å². The zero-order valence-corrected chi connectivity index (χ0v) is 16.3. The normalized spacial score (nSPS) is 29.3. The molecule has 6 heteroatoms. The monoisotopic (exact) mass is 387 g/mol. The van der Waals surface area contributed by atoms with E-state index in [4.69, 9.17) is 0 Å². The van der Waals surface area contributed by atoms with E-state index in [1.807, 2.05) is 0 Å². The summed E-state index contributed by atoms with van der Waals surface area (Å²) in [7, 11) is 0. The number of carbonyl (C=O) groups excluding carboxylic acids is 2. The van der Waals surface area contributed by atoms with Crippen LogP contribution in [-0.2, 0) is 16.0 Å². The largest absolute Gasteiger partial charge is 0.354 e. The summed E-state index contributed by atoms with van der Waals surface area (Å²) >= 11 is 0. The van der Waals surface area contributed by atoms with Gasteiger partial charge in [0.2, 0.25) is 11.8 Å². The zero-order chi connectivity index (χ0) is 19.5. The minimum atomic E-state index is -0.237. The first-order valence-corrected chi connectivity index (χ1v) is 10.6. The molecule has 0 aliphatic carbocycles. The van der Waals surface area contributed by atoms with Crippen LogP contribution >= 0.6 is 0 Å². The predicted octanol–water partition coefficient (Wildman–Crippen LogP) is 2.25. The minimum Gasteiger partial charge on any atom is -0.354 e. The quantitative estimate of drug-likeness (QED) is 0.787. The average molecular weight is 387 g/mol. The first-order chi connectivity index (χ1) is 13.6. The van der Waals surface area contributed by atoms with Crippen molar-refractivity contribution in [2.45, 2.75) is 57.0 Å². The average Bonchev–Trinajstić information content (AvgIpc) is 2.70. The van der Waals surface area contributed by atoms with Crippen LogP contribution in [0.25, 0.3) is 0 Å². The predicted molar refractivity (Wildman–Crippen MR) is 105 cm³/mol. The van der Waals surface area contributed by atoms with Gasteiger partial charge in [0.05, 0.1) is 6.04 Å². The fourth-order valence-corrected chi connectivity index (χ4v) is 5.31. The standard InChI is InChI=1S/C22H30FN3O2/c23-18-9-7-15(8-10-18)3-1-5-21(27)25-14-20-17-11-16(12-24-13-17)19-4-2-6-22(28)26(19)20/h7-10,16-17,19-20,24H,1-6,11-14H2,(H,25,27)/t16-,17+,19+,20+/m1/s1. The van der Waals surface area contributed by atoms with Crippen molar-refractivity contribution in [3.63, 3.8) is 0 Å². The van der Waals surface area contributed by atoms with Crippen molar-refractivity contribution in [1.82, 2.24) is 15.5 Å². The summed E-state index contributed by atoms with van der Waals surface area (Å²) in [5.41, 5.74) is 1.04. The molecule has 0 unspecified atom stereocenters. The first kappa shape index (κ1) is 19.4. The van der Waals surface area contributed by atoms with E-state index in [0.717, 1.165) is 50.8 Å². The van der Waals surface area contributed by atoms with Crippen molar-refractivity contribution >= 4 is 11.8 Å². The van der Waals surface area contributed by atoms with Crippen molar-refractivity contribution in [2.24, 2.45) is 11.8 Å². The minimum absolute atomic E-state index is 0.0361. The van der Waals surface area contributed by atoms with Gasteiger partial charge in [0, 0.05) is 32.0 Å². The molecule has 1 aromatic carbocycles. The molecule has 0 saturated carbocycles. The SMILES string of the molecule is O=C(CCCc1ccc(F)cc1)NC[C@H]1[C@@H]2CNC[C@@H](C2)[C@@H]2CCCC(=O)N21. The van der Waals surface area contributed by atoms with Crippen LogP contribution in [0.3, 0.4) is 0 Å². The van der Waals surface area contributed by atoms with E-state index in [2.05, 4.69) is 15.5 Å². The molecule has 3 saturated heterocycles. The van der Waals surface area contributed by atoms with Crippen molar-refractivity contribution in [3.05, 3.63) is 35.6 Å². The molecule has 3 heterocycles. The fraction of sp³-hybridized carbons (Fsp3) is 0.636. The van der Waals surface area contributed by atoms with Crippen LogP contribution in [0, 0.1) is 17.7 Å². The molecule has 0 aromatic heterocycles. The highest BCUT2D eigenvalue weighted by Crippen LogP contribution is 2.39. The molecule has 4 rings (SSSR count). The molecule has 4 atom stereocenters. The molecule has 3 aliphatic heterocycles. The van der Waals surface area contributed by atoms with Gasteiger partial charge < -0.3 is 15.5 Å². The lowest BCUT2D eigenvalue weighted by molar-refractivity contribution is -0.149. The number of aryl methyl sites for hydroxylation is 1. The molecule has 3 aliphatic rings. The van der Waals surface area contributed by atoms with Crippen molar-refractivity contribution in [2.75, 3.05) is 19.6 Å². The highest BCUT2D eigenvalue weighted by atomic mass is 19.1. The second-order valence-electron chi connectivity index (χ2n) is 8.53. The number of rotatable bonds is 6. The number of carbonyl (C=O) groups is 2. The molecule has 0 radical (unpaired) electrons. The lowest BCUT2D eigenvalue weighted by Crippen LogP contribution is -2.66. The van der Waals surface area contributed by atoms with Crippen molar-refractivity contribution < 1.29 is 14.0 Å². The molecule has 2 N–H and O–H groups in total. The van der Waals surface area contributed by atoms with Crippen molar-refractivity contribution in [3.8, 4) is 0 Å². The second-order valence-corrected chi connectivity index (χ2v) is 8.53. The second kappa shape index (κ2) is 8.60. The zero-order valence-electron chi connectivity index (χ0n) is 16.3. The molecule has 3 fully saturated rings. The Hall–Kier alpha value is -1.95. The van der Waals surface area contributed by atoms with E-state index in [9.17, 15) is 14.0 Å². The van der Waals surface area contributed by atoms with E-state index in [-0.39, 0.29) is 23.7 Å². The third-order valence-corrected chi connectivity index (χ3v) is 6.69. The maximum atomic E-state index is 13.0. The van der Waals surface area contributed by atoms with Crippen LogP contribution in [-0.4, -0.2) is 48.4 Å². The summed E-state index contributed by atoms with van der Waals surface area (Å²) in [5, 5.41) is 6.62. The highest BCUT2D eigenvalue weighted by molar-refractivity contribution is 5.78. The van der Waals surface area contributed by atoms with Crippen LogP contribution in [0.5, 0.6) is 0 Å². The third-order valence-electron chi connectivity index (χ3n) is 6.69. The molecule has 28 heavy (non-hydrogen) atoms. The molecule has 152 valence electrons. The molecular weight excluding hydrogens is 357 g/mol. The van der Waals surface area contributed by atoms with Gasteiger partial charge in [0.15, 0.2) is 0 Å². The van der Waals surface area contributed by atoms with Gasteiger partial charge in [0.25, 0.3) is 0 Å². The lowest BCUT2D eigenvalue weighted by atomic mass is 9.72. The van der Waals surface area contributed by atoms with Gasteiger partial charge in [-0.2, -0.15) is 0 Å². The van der Waals surface area contributed by atoms with Gasteiger partial charge in [0.1, 0.15) is 5.82 Å². The molecule has 2 bridgehead atoms. The summed E-state index contributed by atoms with van der Waals surface area (Å²) in [6.45, 7) is 2.49. The van der Waals surface area contributed by atoms with E-state index >= 15 is 0 Å². The van der Waals surface area contributed by atoms with E-state index in [0.29, 0.717) is 37.3 Å². The van der Waals surface area contributed by atoms with E-state index in [1.54, 1.807) is 12.1 Å². The molecule has 2 amide bonds. The summed E-state index contributed by atoms with van der Waals surface area (Å²) < 4.78 is 13.0. The van der Waals surface area contributed by atoms with Crippen LogP contribution in [0.15, 0.2) is 24.3 Å². The number of hydrogen-bond donors (Lipinski definition) is 2. The Morgan fingerprint density at radius 1 is 1.21 bits per heavy atom. The fourth-order valence-electron chi connectivity index (χ4n) is 5.31. The molecule has 0 spiro atoms. The number of fused-ring (bicyclic) bond motifs is 4. The number of halogens is 1. The Morgan fingerprint density at radius 3 is 2.82 bits per heavy atom. The van der Waals surface area contributed by atoms with Crippen LogP contribution < -0.4 is 10.6 Å². The van der Waals surface area contributed by atoms with Crippen LogP contribution in [0.1, 0.15) is 44.1 Å². The number of nitrogens with zero attached hydrogens (tertiary/aromatic N) is 1. The maximum absolute atomic E-state index is 13.0. The smallest absolute Gasteiger partial charge is 0.223 e. The summed E-state index contributed by atoms with van der Waals surface area (Å²) in [6.07, 6.45) is 5.83. The summed E-state index contributed by atoms with van der Waals surface area (Å²) in [5.74, 6) is 1.05. The Bertz CT molecular complexity index is 708. The summed E-state index contributed by atoms with van der Waals surface area (Å²) in [4.78, 5) is 27.1. The number of amides is 2. The number of benzene rings is 1. The van der Waals surface area contributed by atoms with Crippen molar-refractivity contribution in [1.29, 1.82) is 0 Å². The molecule has 5 nitrogen and oxygen atoms in total. The Kier molecular flexibility index (Phi) is 5.95. The summed E-state index contributed by atoms with van der Waals surface area (Å²) in [6, 6.07) is 6.90. The van der Waals surface area contributed by atoms with Gasteiger partial charge in [-0.25, -0.2) is 4.39 Å². The van der Waals surface area contributed by atoms with Gasteiger partial charge in [-0.15, -0.1) is 0 Å². The first-order valence-electron chi connectivity index (χ1n) is 10.6. The lowest BCUT2D eigenvalue weighted by Gasteiger charge is -2.54. The van der Waals surface area contributed by atoms with Gasteiger partial charge >= 0.3 is 0 Å². The Labute approximate surface area is 166 Å². The number of hydrogen-bond acceptors (Lipinski definition) is 3. The molecular formula is C22H30FN3O2. The Morgan fingerprint density at radius 2 is 2.00 bits per heavy atom. The van der Waals surface area contributed by atoms with Crippen LogP contribution in [0.2, 0.25) is 0 Å². The topological polar surface area (TPSA) is 61.4 Å². The number of piperidine rings is 3. The Balaban J connectivity index is 1.29.